The zero-order chi connectivity index (χ0) is 22.9. The van der Waals surface area contributed by atoms with Crippen LogP contribution < -0.4 is 16.2 Å². The fraction of sp³-hybridized carbons (Fsp3) is 0.0952. The van der Waals surface area contributed by atoms with E-state index in [2.05, 4.69) is 15.6 Å². The third-order valence-electron chi connectivity index (χ3n) is 4.50. The molecule has 4 rings (SSSR count). The smallest absolute Gasteiger partial charge is 0.418 e. The SMILES string of the molecule is O=C(Nc1ccc(NCc2cc(=O)n3cc(Cl)ccc3n2)c(C(F)(F)F)c1)c1ccoc1. The molecule has 0 saturated carbocycles. The number of carbonyl (C=O) groups excluding carboxylic acids is 1. The summed E-state index contributed by atoms with van der Waals surface area (Å²) in [5, 5.41) is 5.41. The predicted molar refractivity (Wildman–Crippen MR) is 112 cm³/mol. The van der Waals surface area contributed by atoms with E-state index in [9.17, 15) is 22.8 Å². The van der Waals surface area contributed by atoms with Gasteiger partial charge >= 0.3 is 6.18 Å². The van der Waals surface area contributed by atoms with E-state index in [0.29, 0.717) is 10.7 Å². The molecule has 11 heteroatoms. The molecule has 0 aliphatic rings. The van der Waals surface area contributed by atoms with Crippen LogP contribution in [0.3, 0.4) is 0 Å². The van der Waals surface area contributed by atoms with Gasteiger partial charge in [0.15, 0.2) is 0 Å². The third kappa shape index (κ3) is 4.59. The first kappa shape index (κ1) is 21.4. The molecule has 0 spiro atoms. The number of benzene rings is 1. The zero-order valence-corrected chi connectivity index (χ0v) is 16.9. The normalized spacial score (nSPS) is 11.5. The van der Waals surface area contributed by atoms with Crippen LogP contribution in [-0.4, -0.2) is 15.3 Å². The van der Waals surface area contributed by atoms with Crippen LogP contribution in [0.4, 0.5) is 24.5 Å². The summed E-state index contributed by atoms with van der Waals surface area (Å²) in [6.45, 7) is -0.127. The molecule has 0 fully saturated rings. The quantitative estimate of drug-likeness (QED) is 0.444. The molecule has 3 heterocycles. The van der Waals surface area contributed by atoms with Gasteiger partial charge in [0.25, 0.3) is 11.5 Å². The number of carbonyl (C=O) groups is 1. The van der Waals surface area contributed by atoms with E-state index in [1.165, 1.54) is 53.5 Å². The topological polar surface area (TPSA) is 88.6 Å². The highest BCUT2D eigenvalue weighted by Crippen LogP contribution is 2.37. The summed E-state index contributed by atoms with van der Waals surface area (Å²) in [5.41, 5.74) is -0.912. The number of anilines is 2. The van der Waals surface area contributed by atoms with Crippen LogP contribution in [0.5, 0.6) is 0 Å². The van der Waals surface area contributed by atoms with E-state index >= 15 is 0 Å². The minimum absolute atomic E-state index is 0.0342. The molecule has 2 N–H and O–H groups in total. The molecule has 7 nitrogen and oxygen atoms in total. The Kier molecular flexibility index (Phi) is 5.62. The lowest BCUT2D eigenvalue weighted by molar-refractivity contribution is -0.136. The average molecular weight is 463 g/mol. The number of furan rings is 1. The number of amides is 1. The van der Waals surface area contributed by atoms with Crippen LogP contribution in [0.15, 0.2) is 70.4 Å². The molecule has 0 radical (unpaired) electrons. The van der Waals surface area contributed by atoms with Gasteiger partial charge in [-0.1, -0.05) is 11.6 Å². The van der Waals surface area contributed by atoms with Gasteiger partial charge in [-0.05, 0) is 36.4 Å². The van der Waals surface area contributed by atoms with Crippen LogP contribution in [0.1, 0.15) is 21.6 Å². The highest BCUT2D eigenvalue weighted by molar-refractivity contribution is 6.30. The standard InChI is InChI=1S/C21H14ClF3N4O3/c22-13-1-4-18-27-15(8-19(30)29(18)10-13)9-26-17-3-2-14(7-16(17)21(23,24)25)28-20(31)12-5-6-32-11-12/h1-8,10-11,26H,9H2,(H,28,31). The van der Waals surface area contributed by atoms with Gasteiger partial charge in [-0.3, -0.25) is 14.0 Å². The number of hydrogen-bond donors (Lipinski definition) is 2. The fourth-order valence-corrected chi connectivity index (χ4v) is 3.17. The Bertz CT molecular complexity index is 1350. The molecule has 32 heavy (non-hydrogen) atoms. The lowest BCUT2D eigenvalue weighted by Gasteiger charge is -2.16. The molecule has 1 amide bonds. The lowest BCUT2D eigenvalue weighted by atomic mass is 10.1. The molecule has 0 atom stereocenters. The second-order valence-corrected chi connectivity index (χ2v) is 7.18. The number of aromatic nitrogens is 2. The molecule has 0 aliphatic heterocycles. The van der Waals surface area contributed by atoms with Crippen molar-refractivity contribution in [1.29, 1.82) is 0 Å². The molecule has 0 unspecified atom stereocenters. The van der Waals surface area contributed by atoms with Crippen LogP contribution in [0.25, 0.3) is 5.65 Å². The van der Waals surface area contributed by atoms with Gasteiger partial charge < -0.3 is 15.1 Å². The number of fused-ring (bicyclic) bond motifs is 1. The number of rotatable bonds is 5. The minimum Gasteiger partial charge on any atom is -0.472 e. The Morgan fingerprint density at radius 1 is 1.16 bits per heavy atom. The summed E-state index contributed by atoms with van der Waals surface area (Å²) < 4.78 is 46.9. The van der Waals surface area contributed by atoms with Crippen molar-refractivity contribution in [1.82, 2.24) is 9.38 Å². The maximum atomic E-state index is 13.6. The molecule has 164 valence electrons. The second-order valence-electron chi connectivity index (χ2n) is 6.74. The molecule has 0 bridgehead atoms. The van der Waals surface area contributed by atoms with Crippen LogP contribution >= 0.6 is 11.6 Å². The highest BCUT2D eigenvalue weighted by Gasteiger charge is 2.34. The van der Waals surface area contributed by atoms with Gasteiger partial charge in [0, 0.05) is 23.6 Å². The van der Waals surface area contributed by atoms with Crippen molar-refractivity contribution in [2.45, 2.75) is 12.7 Å². The molecule has 4 aromatic rings. The largest absolute Gasteiger partial charge is 0.472 e. The number of pyridine rings is 1. The first-order chi connectivity index (χ1) is 15.2. The summed E-state index contributed by atoms with van der Waals surface area (Å²) in [6.07, 6.45) is -0.819. The zero-order valence-electron chi connectivity index (χ0n) is 16.1. The van der Waals surface area contributed by atoms with Gasteiger partial charge in [0.1, 0.15) is 11.9 Å². The van der Waals surface area contributed by atoms with Gasteiger partial charge in [-0.2, -0.15) is 13.2 Å². The molecule has 0 aliphatic carbocycles. The van der Waals surface area contributed by atoms with Crippen LogP contribution in [-0.2, 0) is 12.7 Å². The van der Waals surface area contributed by atoms with Crippen molar-refractivity contribution >= 4 is 34.5 Å². The van der Waals surface area contributed by atoms with Gasteiger partial charge in [0.2, 0.25) is 0 Å². The summed E-state index contributed by atoms with van der Waals surface area (Å²) in [5.74, 6) is -0.603. The summed E-state index contributed by atoms with van der Waals surface area (Å²) in [6, 6.07) is 9.05. The minimum atomic E-state index is -4.69. The van der Waals surface area contributed by atoms with Crippen molar-refractivity contribution in [3.05, 3.63) is 93.4 Å². The average Bonchev–Trinajstić information content (AvgIpc) is 3.28. The van der Waals surface area contributed by atoms with Crippen molar-refractivity contribution in [3.8, 4) is 0 Å². The molecule has 3 aromatic heterocycles. The van der Waals surface area contributed by atoms with E-state index in [1.807, 2.05) is 0 Å². The summed E-state index contributed by atoms with van der Waals surface area (Å²) in [7, 11) is 0. The van der Waals surface area contributed by atoms with E-state index in [4.69, 9.17) is 16.0 Å². The number of halogens is 4. The summed E-state index contributed by atoms with van der Waals surface area (Å²) >= 11 is 5.87. The Balaban J connectivity index is 1.58. The maximum absolute atomic E-state index is 13.6. The molecular weight excluding hydrogens is 449 g/mol. The van der Waals surface area contributed by atoms with Crippen molar-refractivity contribution < 1.29 is 22.4 Å². The number of hydrogen-bond acceptors (Lipinski definition) is 5. The van der Waals surface area contributed by atoms with Crippen LogP contribution in [0.2, 0.25) is 5.02 Å². The number of nitrogens with one attached hydrogen (secondary N) is 2. The van der Waals surface area contributed by atoms with Gasteiger partial charge in [-0.25, -0.2) is 4.98 Å². The predicted octanol–water partition coefficient (Wildman–Crippen LogP) is 4.82. The van der Waals surface area contributed by atoms with Gasteiger partial charge in [0.05, 0.1) is 34.7 Å². The monoisotopic (exact) mass is 462 g/mol. The Morgan fingerprint density at radius 2 is 1.97 bits per heavy atom. The third-order valence-corrected chi connectivity index (χ3v) is 4.73. The summed E-state index contributed by atoms with van der Waals surface area (Å²) in [4.78, 5) is 28.6. The van der Waals surface area contributed by atoms with Gasteiger partial charge in [-0.15, -0.1) is 0 Å². The first-order valence-electron chi connectivity index (χ1n) is 9.17. The molecular formula is C21H14ClF3N4O3. The highest BCUT2D eigenvalue weighted by atomic mass is 35.5. The number of alkyl halides is 3. The van der Waals surface area contributed by atoms with Crippen molar-refractivity contribution in [3.63, 3.8) is 0 Å². The lowest BCUT2D eigenvalue weighted by Crippen LogP contribution is -2.18. The van der Waals surface area contributed by atoms with E-state index in [0.717, 1.165) is 6.07 Å². The molecule has 0 saturated heterocycles. The Hall–Kier alpha value is -3.79. The number of nitrogens with zero attached hydrogens (tertiary/aromatic N) is 2. The van der Waals surface area contributed by atoms with E-state index in [1.54, 1.807) is 6.07 Å². The van der Waals surface area contributed by atoms with E-state index in [-0.39, 0.29) is 29.2 Å². The van der Waals surface area contributed by atoms with Crippen molar-refractivity contribution in [2.24, 2.45) is 0 Å². The Morgan fingerprint density at radius 3 is 2.69 bits per heavy atom. The maximum Gasteiger partial charge on any atom is 0.418 e. The van der Waals surface area contributed by atoms with E-state index < -0.39 is 23.2 Å². The van der Waals surface area contributed by atoms with Crippen LogP contribution in [0, 0.1) is 0 Å². The fourth-order valence-electron chi connectivity index (χ4n) is 3.01. The Labute approximate surface area is 183 Å². The first-order valence-corrected chi connectivity index (χ1v) is 9.55. The molecule has 1 aromatic carbocycles. The van der Waals surface area contributed by atoms with Crippen molar-refractivity contribution in [2.75, 3.05) is 10.6 Å². The second kappa shape index (κ2) is 8.39.